The Kier molecular flexibility index (Phi) is 6.66. The summed E-state index contributed by atoms with van der Waals surface area (Å²) < 4.78 is 37.3. The molecule has 3 rings (SSSR count). The van der Waals surface area contributed by atoms with Gasteiger partial charge in [0.2, 0.25) is 10.0 Å². The highest BCUT2D eigenvalue weighted by Crippen LogP contribution is 2.22. The lowest BCUT2D eigenvalue weighted by Crippen LogP contribution is -2.32. The van der Waals surface area contributed by atoms with Crippen LogP contribution in [-0.2, 0) is 14.8 Å². The first kappa shape index (κ1) is 21.0. The predicted molar refractivity (Wildman–Crippen MR) is 106 cm³/mol. The molecule has 0 atom stereocenters. The topological polar surface area (TPSA) is 90.0 Å². The van der Waals surface area contributed by atoms with E-state index in [1.165, 1.54) is 59.9 Å². The van der Waals surface area contributed by atoms with Crippen LogP contribution in [0.15, 0.2) is 53.4 Å². The van der Waals surface area contributed by atoms with Crippen LogP contribution in [0.2, 0.25) is 0 Å². The average Bonchev–Trinajstić information content (AvgIpc) is 3.04. The summed E-state index contributed by atoms with van der Waals surface area (Å²) in [5.74, 6) is -0.929. The van der Waals surface area contributed by atoms with Gasteiger partial charge in [-0.3, -0.25) is 0 Å². The van der Waals surface area contributed by atoms with Gasteiger partial charge in [0.15, 0.2) is 0 Å². The smallest absolute Gasteiger partial charge is 0.343 e. The van der Waals surface area contributed by atoms with Gasteiger partial charge in [-0.1, -0.05) is 18.9 Å². The fourth-order valence-corrected chi connectivity index (χ4v) is 4.72. The van der Waals surface area contributed by atoms with Gasteiger partial charge in [-0.2, -0.15) is 4.31 Å². The van der Waals surface area contributed by atoms with Crippen LogP contribution >= 0.6 is 0 Å². The van der Waals surface area contributed by atoms with Crippen molar-refractivity contribution in [3.63, 3.8) is 0 Å². The van der Waals surface area contributed by atoms with E-state index in [4.69, 9.17) is 4.74 Å². The van der Waals surface area contributed by atoms with Crippen LogP contribution in [-0.4, -0.2) is 44.9 Å². The summed E-state index contributed by atoms with van der Waals surface area (Å²) >= 11 is 0. The minimum Gasteiger partial charge on any atom is -0.465 e. The van der Waals surface area contributed by atoms with Crippen molar-refractivity contribution in [3.8, 4) is 5.75 Å². The van der Waals surface area contributed by atoms with Gasteiger partial charge >= 0.3 is 11.9 Å². The highest BCUT2D eigenvalue weighted by Gasteiger charge is 2.26. The zero-order valence-electron chi connectivity index (χ0n) is 16.2. The molecular weight excluding hydrogens is 394 g/mol. The van der Waals surface area contributed by atoms with Gasteiger partial charge in [-0.05, 0) is 55.3 Å². The fourth-order valence-electron chi connectivity index (χ4n) is 3.16. The number of hydrogen-bond acceptors (Lipinski definition) is 6. The van der Waals surface area contributed by atoms with E-state index in [2.05, 4.69) is 4.74 Å². The second-order valence-corrected chi connectivity index (χ2v) is 8.69. The van der Waals surface area contributed by atoms with E-state index in [0.29, 0.717) is 18.7 Å². The third kappa shape index (κ3) is 5.02. The van der Waals surface area contributed by atoms with Crippen LogP contribution in [0, 0.1) is 0 Å². The number of methoxy groups -OCH3 is 1. The number of benzene rings is 2. The Balaban J connectivity index is 1.76. The van der Waals surface area contributed by atoms with E-state index < -0.39 is 22.0 Å². The Morgan fingerprint density at radius 2 is 1.52 bits per heavy atom. The minimum absolute atomic E-state index is 0.0786. The van der Waals surface area contributed by atoms with Crippen molar-refractivity contribution >= 4 is 22.0 Å². The first-order chi connectivity index (χ1) is 13.9. The van der Waals surface area contributed by atoms with E-state index in [-0.39, 0.29) is 16.2 Å². The molecule has 29 heavy (non-hydrogen) atoms. The van der Waals surface area contributed by atoms with E-state index in [1.807, 2.05) is 0 Å². The van der Waals surface area contributed by atoms with Crippen LogP contribution in [0.3, 0.4) is 0 Å². The number of hydrogen-bond donors (Lipinski definition) is 0. The van der Waals surface area contributed by atoms with Crippen LogP contribution < -0.4 is 4.74 Å². The number of nitrogens with zero attached hydrogens (tertiary/aromatic N) is 1. The maximum atomic E-state index is 12.9. The van der Waals surface area contributed by atoms with Crippen LogP contribution in [0.5, 0.6) is 5.75 Å². The number of esters is 2. The summed E-state index contributed by atoms with van der Waals surface area (Å²) in [6.45, 7) is 0.979. The molecule has 8 heteroatoms. The monoisotopic (exact) mass is 417 g/mol. The Hall–Kier alpha value is -2.71. The molecule has 0 aliphatic carbocycles. The summed E-state index contributed by atoms with van der Waals surface area (Å²) in [5.41, 5.74) is 0.468. The van der Waals surface area contributed by atoms with Crippen LogP contribution in [0.25, 0.3) is 0 Å². The summed E-state index contributed by atoms with van der Waals surface area (Å²) in [5, 5.41) is 0. The molecule has 154 valence electrons. The van der Waals surface area contributed by atoms with E-state index >= 15 is 0 Å². The summed E-state index contributed by atoms with van der Waals surface area (Å²) in [7, 11) is -2.38. The molecule has 1 aliphatic heterocycles. The molecule has 1 aliphatic rings. The summed E-state index contributed by atoms with van der Waals surface area (Å²) in [6, 6.07) is 11.8. The van der Waals surface area contributed by atoms with Crippen molar-refractivity contribution in [2.24, 2.45) is 0 Å². The van der Waals surface area contributed by atoms with Gasteiger partial charge in [-0.25, -0.2) is 18.0 Å². The van der Waals surface area contributed by atoms with Crippen molar-refractivity contribution < 1.29 is 27.5 Å². The summed E-state index contributed by atoms with van der Waals surface area (Å²) in [4.78, 5) is 24.0. The molecule has 0 radical (unpaired) electrons. The van der Waals surface area contributed by atoms with Gasteiger partial charge in [-0.15, -0.1) is 0 Å². The van der Waals surface area contributed by atoms with Crippen molar-refractivity contribution in [3.05, 3.63) is 59.7 Å². The first-order valence-electron chi connectivity index (χ1n) is 9.42. The molecule has 2 aromatic carbocycles. The zero-order chi connectivity index (χ0) is 20.9. The lowest BCUT2D eigenvalue weighted by molar-refractivity contribution is 0.0600. The molecule has 0 unspecified atom stereocenters. The van der Waals surface area contributed by atoms with Gasteiger partial charge < -0.3 is 9.47 Å². The Morgan fingerprint density at radius 3 is 2.14 bits per heavy atom. The maximum absolute atomic E-state index is 12.9. The molecule has 0 amide bonds. The maximum Gasteiger partial charge on any atom is 0.343 e. The van der Waals surface area contributed by atoms with Gasteiger partial charge in [0.1, 0.15) is 5.75 Å². The van der Waals surface area contributed by atoms with Crippen LogP contribution in [0.4, 0.5) is 0 Å². The SMILES string of the molecule is COC(=O)c1ccc(OC(=O)c2cccc(S(=O)(=O)N3CCCCCC3)c2)cc1. The molecule has 1 saturated heterocycles. The molecule has 0 saturated carbocycles. The van der Waals surface area contributed by atoms with Crippen LogP contribution in [0.1, 0.15) is 46.4 Å². The van der Waals surface area contributed by atoms with E-state index in [1.54, 1.807) is 0 Å². The molecule has 0 N–H and O–H groups in total. The second-order valence-electron chi connectivity index (χ2n) is 6.75. The first-order valence-corrected chi connectivity index (χ1v) is 10.9. The molecule has 0 spiro atoms. The minimum atomic E-state index is -3.66. The zero-order valence-corrected chi connectivity index (χ0v) is 17.0. The molecule has 2 aromatic rings. The number of ether oxygens (including phenoxy) is 2. The van der Waals surface area contributed by atoms with Crippen molar-refractivity contribution in [2.45, 2.75) is 30.6 Å². The van der Waals surface area contributed by atoms with Gasteiger partial charge in [0.25, 0.3) is 0 Å². The third-order valence-corrected chi connectivity index (χ3v) is 6.65. The van der Waals surface area contributed by atoms with Gasteiger partial charge in [0, 0.05) is 13.1 Å². The van der Waals surface area contributed by atoms with E-state index in [9.17, 15) is 18.0 Å². The lowest BCUT2D eigenvalue weighted by atomic mass is 10.2. The number of carbonyl (C=O) groups is 2. The molecule has 1 fully saturated rings. The highest BCUT2D eigenvalue weighted by atomic mass is 32.2. The Labute approximate surface area is 170 Å². The molecule has 1 heterocycles. The number of carbonyl (C=O) groups excluding carboxylic acids is 2. The van der Waals surface area contributed by atoms with Crippen molar-refractivity contribution in [1.82, 2.24) is 4.31 Å². The fraction of sp³-hybridized carbons (Fsp3) is 0.333. The second kappa shape index (κ2) is 9.19. The molecule has 0 bridgehead atoms. The normalized spacial score (nSPS) is 15.3. The quantitative estimate of drug-likeness (QED) is 0.548. The predicted octanol–water partition coefficient (Wildman–Crippen LogP) is 3.26. The van der Waals surface area contributed by atoms with Crippen molar-refractivity contribution in [2.75, 3.05) is 20.2 Å². The van der Waals surface area contributed by atoms with E-state index in [0.717, 1.165) is 25.7 Å². The third-order valence-electron chi connectivity index (χ3n) is 4.76. The highest BCUT2D eigenvalue weighted by molar-refractivity contribution is 7.89. The molecule has 0 aromatic heterocycles. The van der Waals surface area contributed by atoms with Gasteiger partial charge in [0.05, 0.1) is 23.1 Å². The largest absolute Gasteiger partial charge is 0.465 e. The Bertz CT molecular complexity index is 976. The Morgan fingerprint density at radius 1 is 0.862 bits per heavy atom. The summed E-state index contributed by atoms with van der Waals surface area (Å²) in [6.07, 6.45) is 3.71. The number of rotatable bonds is 5. The number of sulfonamides is 1. The molecular formula is C21H23NO6S. The average molecular weight is 417 g/mol. The lowest BCUT2D eigenvalue weighted by Gasteiger charge is -2.20. The molecule has 7 nitrogen and oxygen atoms in total. The standard InChI is InChI=1S/C21H23NO6S/c1-27-20(23)16-9-11-18(12-10-16)28-21(24)17-7-6-8-19(15-17)29(25,26)22-13-4-2-3-5-14-22/h6-12,15H,2-5,13-14H2,1H3. The van der Waals surface area contributed by atoms with Crippen molar-refractivity contribution in [1.29, 1.82) is 0 Å².